The molecule has 40 heavy (non-hydrogen) atoms. The second-order valence-corrected chi connectivity index (χ2v) is 14.3. The van der Waals surface area contributed by atoms with Crippen LogP contribution in [0.15, 0.2) is 47.4 Å². The summed E-state index contributed by atoms with van der Waals surface area (Å²) in [6.45, 7) is 8.83. The predicted molar refractivity (Wildman–Crippen MR) is 154 cm³/mol. The highest BCUT2D eigenvalue weighted by Gasteiger charge is 2.41. The molecule has 1 N–H and O–H groups in total. The van der Waals surface area contributed by atoms with Crippen molar-refractivity contribution in [3.05, 3.63) is 48.0 Å². The van der Waals surface area contributed by atoms with Gasteiger partial charge in [0.15, 0.2) is 0 Å². The second-order valence-electron chi connectivity index (χ2n) is 12.6. The molecule has 0 bridgehead atoms. The molecule has 1 atom stereocenters. The van der Waals surface area contributed by atoms with Crippen molar-refractivity contribution < 1.29 is 27.4 Å². The van der Waals surface area contributed by atoms with Crippen LogP contribution in [0.2, 0.25) is 0 Å². The molecule has 1 unspecified atom stereocenters. The standard InChI is InChI=1S/C31H42N2O6S/c1-30(2,3)22-38-29(34)33-17-15-31(16-18-33)14-13-25-20-24(9-12-28(25)39-31)23-7-10-27(11-8-23)40(35,36)32-21-26-6-4-5-19-37-26/h7-12,20,26,32H,4-6,13-19,21-22H2,1-3H3. The Kier molecular flexibility index (Phi) is 8.45. The van der Waals surface area contributed by atoms with Gasteiger partial charge < -0.3 is 19.1 Å². The first-order chi connectivity index (χ1) is 19.0. The molecular formula is C31H42N2O6S. The minimum Gasteiger partial charge on any atom is -0.487 e. The van der Waals surface area contributed by atoms with Gasteiger partial charge in [-0.25, -0.2) is 17.9 Å². The quantitative estimate of drug-likeness (QED) is 0.490. The maximum atomic E-state index is 12.8. The SMILES string of the molecule is CC(C)(C)COC(=O)N1CCC2(CCc3cc(-c4ccc(S(=O)(=O)NCC5CCCCO5)cc4)ccc3O2)CC1. The molecule has 0 aromatic heterocycles. The molecule has 2 fully saturated rings. The number of sulfonamides is 1. The summed E-state index contributed by atoms with van der Waals surface area (Å²) in [5, 5.41) is 0. The molecule has 2 aromatic rings. The Morgan fingerprint density at radius 3 is 2.45 bits per heavy atom. The van der Waals surface area contributed by atoms with Crippen LogP contribution < -0.4 is 9.46 Å². The number of ether oxygens (including phenoxy) is 3. The molecule has 0 radical (unpaired) electrons. The van der Waals surface area contributed by atoms with Crippen molar-refractivity contribution in [3.63, 3.8) is 0 Å². The van der Waals surface area contributed by atoms with Crippen LogP contribution in [0.4, 0.5) is 4.79 Å². The number of amides is 1. The molecule has 2 aromatic carbocycles. The first-order valence-corrected chi connectivity index (χ1v) is 16.0. The normalized spacial score (nSPS) is 21.0. The zero-order chi connectivity index (χ0) is 28.4. The van der Waals surface area contributed by atoms with E-state index in [2.05, 4.69) is 31.6 Å². The zero-order valence-corrected chi connectivity index (χ0v) is 24.7. The van der Waals surface area contributed by atoms with Crippen LogP contribution >= 0.6 is 0 Å². The van der Waals surface area contributed by atoms with E-state index >= 15 is 0 Å². The highest BCUT2D eigenvalue weighted by atomic mass is 32.2. The number of aryl methyl sites for hydroxylation is 1. The summed E-state index contributed by atoms with van der Waals surface area (Å²) in [4.78, 5) is 14.5. The van der Waals surface area contributed by atoms with Gasteiger partial charge in [-0.2, -0.15) is 0 Å². The Balaban J connectivity index is 1.18. The van der Waals surface area contributed by atoms with Crippen molar-refractivity contribution in [2.24, 2.45) is 5.41 Å². The number of carbonyl (C=O) groups excluding carboxylic acids is 1. The van der Waals surface area contributed by atoms with Gasteiger partial charge in [0.05, 0.1) is 17.6 Å². The van der Waals surface area contributed by atoms with E-state index < -0.39 is 10.0 Å². The molecule has 0 saturated carbocycles. The van der Waals surface area contributed by atoms with Gasteiger partial charge in [0.1, 0.15) is 11.4 Å². The Bertz CT molecular complexity index is 1290. The monoisotopic (exact) mass is 570 g/mol. The van der Waals surface area contributed by atoms with Gasteiger partial charge >= 0.3 is 6.09 Å². The van der Waals surface area contributed by atoms with Gasteiger partial charge in [-0.1, -0.05) is 39.0 Å². The number of fused-ring (bicyclic) bond motifs is 1. The van der Waals surface area contributed by atoms with Crippen molar-refractivity contribution in [1.29, 1.82) is 0 Å². The number of carbonyl (C=O) groups is 1. The van der Waals surface area contributed by atoms with Crippen LogP contribution in [0.1, 0.15) is 64.9 Å². The molecule has 3 heterocycles. The maximum Gasteiger partial charge on any atom is 0.409 e. The largest absolute Gasteiger partial charge is 0.487 e. The van der Waals surface area contributed by atoms with Crippen LogP contribution in [-0.2, 0) is 25.9 Å². The number of rotatable bonds is 6. The first kappa shape index (κ1) is 28.9. The summed E-state index contributed by atoms with van der Waals surface area (Å²) in [6, 6.07) is 13.2. The lowest BCUT2D eigenvalue weighted by atomic mass is 9.82. The number of nitrogens with one attached hydrogen (secondary N) is 1. The van der Waals surface area contributed by atoms with Crippen LogP contribution in [0, 0.1) is 5.41 Å². The van der Waals surface area contributed by atoms with E-state index in [4.69, 9.17) is 14.2 Å². The highest BCUT2D eigenvalue weighted by molar-refractivity contribution is 7.89. The fourth-order valence-corrected chi connectivity index (χ4v) is 6.67. The minimum absolute atomic E-state index is 0.0529. The average Bonchev–Trinajstić information content (AvgIpc) is 2.95. The number of benzene rings is 2. The van der Waals surface area contributed by atoms with E-state index in [1.165, 1.54) is 0 Å². The van der Waals surface area contributed by atoms with Gasteiger partial charge in [-0.15, -0.1) is 0 Å². The third-order valence-electron chi connectivity index (χ3n) is 8.07. The summed E-state index contributed by atoms with van der Waals surface area (Å²) in [5.41, 5.74) is 2.84. The topological polar surface area (TPSA) is 94.2 Å². The third-order valence-corrected chi connectivity index (χ3v) is 9.51. The first-order valence-electron chi connectivity index (χ1n) is 14.5. The Morgan fingerprint density at radius 2 is 1.77 bits per heavy atom. The minimum atomic E-state index is -3.59. The van der Waals surface area contributed by atoms with Crippen molar-refractivity contribution in [2.45, 2.75) is 82.3 Å². The predicted octanol–water partition coefficient (Wildman–Crippen LogP) is 5.54. The maximum absolute atomic E-state index is 12.8. The zero-order valence-electron chi connectivity index (χ0n) is 23.9. The van der Waals surface area contributed by atoms with Gasteiger partial charge in [-0.3, -0.25) is 0 Å². The van der Waals surface area contributed by atoms with E-state index in [0.29, 0.717) is 32.8 Å². The average molecular weight is 571 g/mol. The van der Waals surface area contributed by atoms with Crippen molar-refractivity contribution in [3.8, 4) is 16.9 Å². The Labute approximate surface area is 238 Å². The number of hydrogen-bond donors (Lipinski definition) is 1. The van der Waals surface area contributed by atoms with E-state index in [9.17, 15) is 13.2 Å². The number of likely N-dealkylation sites (tertiary alicyclic amines) is 1. The molecule has 8 nitrogen and oxygen atoms in total. The molecule has 3 aliphatic rings. The van der Waals surface area contributed by atoms with E-state index in [0.717, 1.165) is 67.4 Å². The van der Waals surface area contributed by atoms with Crippen molar-refractivity contribution in [1.82, 2.24) is 9.62 Å². The van der Waals surface area contributed by atoms with E-state index in [1.807, 2.05) is 24.3 Å². The summed E-state index contributed by atoms with van der Waals surface area (Å²) < 4.78 is 46.0. The van der Waals surface area contributed by atoms with Gasteiger partial charge in [0, 0.05) is 39.1 Å². The number of piperidine rings is 1. The van der Waals surface area contributed by atoms with Gasteiger partial charge in [-0.05, 0) is 78.5 Å². The van der Waals surface area contributed by atoms with E-state index in [-0.39, 0.29) is 28.1 Å². The van der Waals surface area contributed by atoms with E-state index in [1.54, 1.807) is 17.0 Å². The molecule has 218 valence electrons. The van der Waals surface area contributed by atoms with Gasteiger partial charge in [0.25, 0.3) is 0 Å². The summed E-state index contributed by atoms with van der Waals surface area (Å²) in [6.07, 6.45) is 6.08. The Hall–Kier alpha value is -2.62. The van der Waals surface area contributed by atoms with Crippen molar-refractivity contribution >= 4 is 16.1 Å². The van der Waals surface area contributed by atoms with Crippen LogP contribution in [-0.4, -0.2) is 64.0 Å². The van der Waals surface area contributed by atoms with Crippen molar-refractivity contribution in [2.75, 3.05) is 32.8 Å². The lowest BCUT2D eigenvalue weighted by molar-refractivity contribution is -0.0171. The molecule has 3 aliphatic heterocycles. The summed E-state index contributed by atoms with van der Waals surface area (Å²) in [7, 11) is -3.59. The number of nitrogens with zero attached hydrogens (tertiary/aromatic N) is 1. The highest BCUT2D eigenvalue weighted by Crippen LogP contribution is 2.41. The molecule has 1 amide bonds. The fraction of sp³-hybridized carbons (Fsp3) is 0.581. The number of hydrogen-bond acceptors (Lipinski definition) is 6. The lowest BCUT2D eigenvalue weighted by Gasteiger charge is -2.44. The molecule has 1 spiro atoms. The lowest BCUT2D eigenvalue weighted by Crippen LogP contribution is -2.51. The fourth-order valence-electron chi connectivity index (χ4n) is 5.60. The smallest absolute Gasteiger partial charge is 0.409 e. The summed E-state index contributed by atoms with van der Waals surface area (Å²) in [5.74, 6) is 0.895. The summed E-state index contributed by atoms with van der Waals surface area (Å²) >= 11 is 0. The van der Waals surface area contributed by atoms with Gasteiger partial charge in [0.2, 0.25) is 10.0 Å². The third kappa shape index (κ3) is 6.98. The van der Waals surface area contributed by atoms with Crippen LogP contribution in [0.25, 0.3) is 11.1 Å². The molecule has 9 heteroatoms. The molecular weight excluding hydrogens is 528 g/mol. The molecule has 0 aliphatic carbocycles. The Morgan fingerprint density at radius 1 is 1.05 bits per heavy atom. The molecule has 5 rings (SSSR count). The van der Waals surface area contributed by atoms with Crippen LogP contribution in [0.3, 0.4) is 0 Å². The second kappa shape index (κ2) is 11.7. The van der Waals surface area contributed by atoms with Crippen LogP contribution in [0.5, 0.6) is 5.75 Å². The molecule has 2 saturated heterocycles.